The van der Waals surface area contributed by atoms with E-state index in [1.807, 2.05) is 0 Å². The number of rotatable bonds is 6. The molecule has 0 bridgehead atoms. The molecule has 1 unspecified atom stereocenters. The summed E-state index contributed by atoms with van der Waals surface area (Å²) in [5.41, 5.74) is 2.59. The second kappa shape index (κ2) is 8.75. The average Bonchev–Trinajstić information content (AvgIpc) is 3.29. The third kappa shape index (κ3) is 4.44. The molecule has 0 aliphatic heterocycles. The van der Waals surface area contributed by atoms with Crippen molar-refractivity contribution in [3.8, 4) is 11.4 Å². The van der Waals surface area contributed by atoms with Gasteiger partial charge in [-0.15, -0.1) is 21.5 Å². The molecule has 1 atom stereocenters. The summed E-state index contributed by atoms with van der Waals surface area (Å²) in [6, 6.07) is 5.50. The van der Waals surface area contributed by atoms with Gasteiger partial charge < -0.3 is 4.57 Å². The van der Waals surface area contributed by atoms with Crippen molar-refractivity contribution in [1.29, 1.82) is 0 Å². The number of aromatic nitrogens is 3. The van der Waals surface area contributed by atoms with E-state index < -0.39 is 11.7 Å². The van der Waals surface area contributed by atoms with E-state index in [9.17, 15) is 13.2 Å². The van der Waals surface area contributed by atoms with Crippen molar-refractivity contribution >= 4 is 23.1 Å². The minimum atomic E-state index is -4.33. The Balaban J connectivity index is 1.58. The number of halogens is 3. The van der Waals surface area contributed by atoms with Crippen molar-refractivity contribution < 1.29 is 13.2 Å². The second-order valence-electron chi connectivity index (χ2n) is 7.84. The van der Waals surface area contributed by atoms with E-state index in [1.54, 1.807) is 17.4 Å². The largest absolute Gasteiger partial charge is 0.416 e. The Kier molecular flexibility index (Phi) is 6.25. The molecule has 0 N–H and O–H groups in total. The normalized spacial score (nSPS) is 16.6. The first-order valence-electron chi connectivity index (χ1n) is 10.2. The Morgan fingerprint density at radius 1 is 1.27 bits per heavy atom. The van der Waals surface area contributed by atoms with Crippen molar-refractivity contribution in [2.75, 3.05) is 0 Å². The van der Waals surface area contributed by atoms with Crippen molar-refractivity contribution in [2.24, 2.45) is 5.92 Å². The zero-order valence-corrected chi connectivity index (χ0v) is 18.6. The molecule has 1 aliphatic rings. The van der Waals surface area contributed by atoms with Crippen LogP contribution >= 0.6 is 23.1 Å². The Morgan fingerprint density at radius 3 is 2.87 bits per heavy atom. The highest BCUT2D eigenvalue weighted by atomic mass is 32.2. The molecule has 0 saturated carbocycles. The lowest BCUT2D eigenvalue weighted by Crippen LogP contribution is -2.10. The number of hydrogen-bond donors (Lipinski definition) is 0. The lowest BCUT2D eigenvalue weighted by molar-refractivity contribution is -0.137. The molecule has 0 fully saturated rings. The molecule has 0 saturated heterocycles. The quantitative estimate of drug-likeness (QED) is 0.384. The van der Waals surface area contributed by atoms with Crippen molar-refractivity contribution in [1.82, 2.24) is 14.8 Å². The highest BCUT2D eigenvalue weighted by Gasteiger charge is 2.30. The summed E-state index contributed by atoms with van der Waals surface area (Å²) in [6.45, 7) is 5.19. The Labute approximate surface area is 182 Å². The predicted molar refractivity (Wildman–Crippen MR) is 116 cm³/mol. The molecule has 8 heteroatoms. The summed E-state index contributed by atoms with van der Waals surface area (Å²) >= 11 is 3.25. The van der Waals surface area contributed by atoms with Crippen LogP contribution in [0.2, 0.25) is 0 Å². The molecule has 1 aromatic carbocycles. The van der Waals surface area contributed by atoms with Gasteiger partial charge in [0.1, 0.15) is 0 Å². The van der Waals surface area contributed by atoms with Gasteiger partial charge in [0.25, 0.3) is 0 Å². The van der Waals surface area contributed by atoms with Gasteiger partial charge in [0.05, 0.1) is 5.56 Å². The minimum absolute atomic E-state index is 0.422. The Bertz CT molecular complexity index is 1020. The standard InChI is InChI=1S/C22H24F3N3S2/c1-3-9-28-20(18-13-29-19-10-14(2)7-8-17(18)19)26-27-21(28)30-12-15-5-4-6-16(11-15)22(23,24)25/h4-6,11,13-14H,3,7-10,12H2,1-2H3. The van der Waals surface area contributed by atoms with Crippen LogP contribution in [0.3, 0.4) is 0 Å². The van der Waals surface area contributed by atoms with Crippen LogP contribution in [0.15, 0.2) is 34.8 Å². The first-order chi connectivity index (χ1) is 14.4. The molecule has 2 aromatic heterocycles. The van der Waals surface area contributed by atoms with E-state index in [-0.39, 0.29) is 0 Å². The van der Waals surface area contributed by atoms with Gasteiger partial charge in [-0.25, -0.2) is 0 Å². The first kappa shape index (κ1) is 21.4. The molecule has 3 nitrogen and oxygen atoms in total. The van der Waals surface area contributed by atoms with E-state index in [0.29, 0.717) is 11.3 Å². The minimum Gasteiger partial charge on any atom is -0.302 e. The summed E-state index contributed by atoms with van der Waals surface area (Å²) in [6.07, 6.45) is -0.00691. The van der Waals surface area contributed by atoms with E-state index in [2.05, 4.69) is 34.0 Å². The summed E-state index contributed by atoms with van der Waals surface area (Å²) in [5.74, 6) is 2.02. The van der Waals surface area contributed by atoms with Crippen LogP contribution in [-0.4, -0.2) is 14.8 Å². The van der Waals surface area contributed by atoms with Gasteiger partial charge in [-0.3, -0.25) is 0 Å². The van der Waals surface area contributed by atoms with Gasteiger partial charge in [0, 0.05) is 28.1 Å². The molecular formula is C22H24F3N3S2. The van der Waals surface area contributed by atoms with E-state index >= 15 is 0 Å². The predicted octanol–water partition coefficient (Wildman–Crippen LogP) is 6.85. The lowest BCUT2D eigenvalue weighted by Gasteiger charge is -2.19. The van der Waals surface area contributed by atoms with Gasteiger partial charge in [0.15, 0.2) is 11.0 Å². The first-order valence-corrected chi connectivity index (χ1v) is 12.0. The number of thiophene rings is 1. The summed E-state index contributed by atoms with van der Waals surface area (Å²) in [5, 5.41) is 11.8. The topological polar surface area (TPSA) is 30.7 Å². The van der Waals surface area contributed by atoms with Crippen LogP contribution in [0.4, 0.5) is 13.2 Å². The zero-order valence-electron chi connectivity index (χ0n) is 17.0. The summed E-state index contributed by atoms with van der Waals surface area (Å²) in [7, 11) is 0. The van der Waals surface area contributed by atoms with Crippen molar-refractivity contribution in [3.05, 3.63) is 51.2 Å². The smallest absolute Gasteiger partial charge is 0.302 e. The maximum atomic E-state index is 13.0. The SMILES string of the molecule is CCCn1c(SCc2cccc(C(F)(F)F)c2)nnc1-c1csc2c1CCC(C)C2. The monoisotopic (exact) mass is 451 g/mol. The molecule has 1 aliphatic carbocycles. The van der Waals surface area contributed by atoms with Crippen LogP contribution in [0, 0.1) is 5.92 Å². The van der Waals surface area contributed by atoms with Crippen molar-refractivity contribution in [2.45, 2.75) is 63.2 Å². The van der Waals surface area contributed by atoms with Gasteiger partial charge in [-0.05, 0) is 48.8 Å². The number of fused-ring (bicyclic) bond motifs is 1. The van der Waals surface area contributed by atoms with Crippen LogP contribution in [0.1, 0.15) is 48.3 Å². The fourth-order valence-electron chi connectivity index (χ4n) is 3.87. The van der Waals surface area contributed by atoms with Crippen molar-refractivity contribution in [3.63, 3.8) is 0 Å². The second-order valence-corrected chi connectivity index (χ2v) is 9.75. The highest BCUT2D eigenvalue weighted by molar-refractivity contribution is 7.98. The van der Waals surface area contributed by atoms with E-state index in [4.69, 9.17) is 0 Å². The summed E-state index contributed by atoms with van der Waals surface area (Å²) in [4.78, 5) is 1.45. The molecular weight excluding hydrogens is 427 g/mol. The van der Waals surface area contributed by atoms with Crippen LogP contribution in [0.5, 0.6) is 0 Å². The Morgan fingerprint density at radius 2 is 2.10 bits per heavy atom. The van der Waals surface area contributed by atoms with Gasteiger partial charge >= 0.3 is 6.18 Å². The number of benzene rings is 1. The summed E-state index contributed by atoms with van der Waals surface area (Å²) < 4.78 is 41.1. The number of hydrogen-bond acceptors (Lipinski definition) is 4. The molecule has 0 radical (unpaired) electrons. The van der Waals surface area contributed by atoms with Crippen LogP contribution in [0.25, 0.3) is 11.4 Å². The van der Waals surface area contributed by atoms with Gasteiger partial charge in [-0.1, -0.05) is 43.8 Å². The van der Waals surface area contributed by atoms with E-state index in [1.165, 1.54) is 46.3 Å². The fraction of sp³-hybridized carbons (Fsp3) is 0.455. The molecule has 0 spiro atoms. The maximum absolute atomic E-state index is 13.0. The zero-order chi connectivity index (χ0) is 21.3. The fourth-order valence-corrected chi connectivity index (χ4v) is 6.02. The highest BCUT2D eigenvalue weighted by Crippen LogP contribution is 2.39. The molecule has 2 heterocycles. The number of thioether (sulfide) groups is 1. The van der Waals surface area contributed by atoms with E-state index in [0.717, 1.165) is 48.8 Å². The third-order valence-electron chi connectivity index (χ3n) is 5.43. The lowest BCUT2D eigenvalue weighted by atomic mass is 9.88. The molecule has 160 valence electrons. The number of nitrogens with zero attached hydrogens (tertiary/aromatic N) is 3. The third-order valence-corrected chi connectivity index (χ3v) is 7.52. The van der Waals surface area contributed by atoms with Gasteiger partial charge in [-0.2, -0.15) is 13.2 Å². The molecule has 0 amide bonds. The van der Waals surface area contributed by atoms with Crippen LogP contribution < -0.4 is 0 Å². The van der Waals surface area contributed by atoms with Gasteiger partial charge in [0.2, 0.25) is 0 Å². The Hall–Kier alpha value is -1.80. The van der Waals surface area contributed by atoms with Crippen LogP contribution in [-0.2, 0) is 31.3 Å². The molecule has 3 aromatic rings. The molecule has 4 rings (SSSR count). The molecule has 30 heavy (non-hydrogen) atoms. The number of alkyl halides is 3. The average molecular weight is 452 g/mol. The maximum Gasteiger partial charge on any atom is 0.416 e.